The second-order valence-electron chi connectivity index (χ2n) is 4.43. The van der Waals surface area contributed by atoms with Gasteiger partial charge in [0, 0.05) is 11.7 Å². The molecule has 0 aliphatic rings. The highest BCUT2D eigenvalue weighted by atomic mass is 16.5. The minimum atomic E-state index is 0.282. The van der Waals surface area contributed by atoms with Gasteiger partial charge in [-0.3, -0.25) is 0 Å². The highest BCUT2D eigenvalue weighted by Crippen LogP contribution is 2.13. The summed E-state index contributed by atoms with van der Waals surface area (Å²) in [7, 11) is 1.68. The maximum absolute atomic E-state index is 5.14. The Balaban J connectivity index is 1.94. The lowest BCUT2D eigenvalue weighted by atomic mass is 10.1. The van der Waals surface area contributed by atoms with Crippen molar-refractivity contribution < 1.29 is 4.74 Å². The van der Waals surface area contributed by atoms with Gasteiger partial charge in [0.1, 0.15) is 5.75 Å². The van der Waals surface area contributed by atoms with E-state index < -0.39 is 0 Å². The lowest BCUT2D eigenvalue weighted by Gasteiger charge is -2.10. The van der Waals surface area contributed by atoms with Crippen molar-refractivity contribution in [1.29, 1.82) is 0 Å². The van der Waals surface area contributed by atoms with Gasteiger partial charge in [0.05, 0.1) is 7.11 Å². The molecule has 0 amide bonds. The number of nitrogens with one attached hydrogen (secondary N) is 1. The number of hydrogen-bond donors (Lipinski definition) is 1. The van der Waals surface area contributed by atoms with Crippen LogP contribution in [0.4, 0.5) is 5.69 Å². The fraction of sp³-hybridized carbons (Fsp3) is 0.176. The monoisotopic (exact) mass is 253 g/mol. The van der Waals surface area contributed by atoms with Crippen LogP contribution in [0.25, 0.3) is 6.08 Å². The van der Waals surface area contributed by atoms with E-state index in [1.807, 2.05) is 42.5 Å². The summed E-state index contributed by atoms with van der Waals surface area (Å²) in [6.07, 6.45) is 4.26. The van der Waals surface area contributed by atoms with E-state index in [1.54, 1.807) is 7.11 Å². The summed E-state index contributed by atoms with van der Waals surface area (Å²) in [5.41, 5.74) is 2.30. The van der Waals surface area contributed by atoms with Crippen LogP contribution in [-0.2, 0) is 0 Å². The van der Waals surface area contributed by atoms with Crippen molar-refractivity contribution in [1.82, 2.24) is 0 Å². The lowest BCUT2D eigenvalue weighted by molar-refractivity contribution is 0.415. The summed E-state index contributed by atoms with van der Waals surface area (Å²) in [5.74, 6) is 0.882. The first-order valence-corrected chi connectivity index (χ1v) is 6.42. The van der Waals surface area contributed by atoms with Crippen LogP contribution in [0, 0.1) is 0 Å². The molecule has 0 aromatic heterocycles. The molecule has 1 atom stereocenters. The molecule has 19 heavy (non-hydrogen) atoms. The van der Waals surface area contributed by atoms with Crippen molar-refractivity contribution in [3.8, 4) is 5.75 Å². The van der Waals surface area contributed by atoms with Gasteiger partial charge in [0.25, 0.3) is 0 Å². The molecule has 2 heteroatoms. The van der Waals surface area contributed by atoms with Crippen LogP contribution in [-0.4, -0.2) is 13.2 Å². The molecule has 0 heterocycles. The van der Waals surface area contributed by atoms with E-state index >= 15 is 0 Å². The summed E-state index contributed by atoms with van der Waals surface area (Å²) < 4.78 is 5.14. The zero-order valence-corrected chi connectivity index (χ0v) is 11.3. The number of ether oxygens (including phenoxy) is 1. The van der Waals surface area contributed by atoms with E-state index in [0.29, 0.717) is 0 Å². The Morgan fingerprint density at radius 2 is 1.68 bits per heavy atom. The zero-order valence-electron chi connectivity index (χ0n) is 11.3. The summed E-state index contributed by atoms with van der Waals surface area (Å²) in [6, 6.07) is 18.5. The molecule has 98 valence electrons. The average Bonchev–Trinajstić information content (AvgIpc) is 2.47. The Labute approximate surface area is 114 Å². The zero-order chi connectivity index (χ0) is 13.5. The predicted molar refractivity (Wildman–Crippen MR) is 81.6 cm³/mol. The molecule has 0 saturated heterocycles. The molecule has 0 aliphatic heterocycles. The summed E-state index contributed by atoms with van der Waals surface area (Å²) >= 11 is 0. The van der Waals surface area contributed by atoms with E-state index in [-0.39, 0.29) is 6.04 Å². The maximum atomic E-state index is 5.14. The Hall–Kier alpha value is -2.22. The molecular formula is C17H19NO. The third kappa shape index (κ3) is 4.18. The van der Waals surface area contributed by atoms with Crippen molar-refractivity contribution in [3.63, 3.8) is 0 Å². The van der Waals surface area contributed by atoms with Gasteiger partial charge in [-0.15, -0.1) is 0 Å². The first-order chi connectivity index (χ1) is 9.28. The van der Waals surface area contributed by atoms with Crippen LogP contribution in [0.5, 0.6) is 5.75 Å². The SMILES string of the molecule is COc1ccc(/C=C/C(C)Nc2ccccc2)cc1. The topological polar surface area (TPSA) is 21.3 Å². The molecule has 0 aliphatic carbocycles. The van der Waals surface area contributed by atoms with E-state index in [2.05, 4.69) is 36.5 Å². The van der Waals surface area contributed by atoms with Crippen molar-refractivity contribution >= 4 is 11.8 Å². The molecule has 1 N–H and O–H groups in total. The number of para-hydroxylation sites is 1. The Bertz CT molecular complexity index is 517. The maximum Gasteiger partial charge on any atom is 0.118 e. The number of rotatable bonds is 5. The van der Waals surface area contributed by atoms with E-state index in [4.69, 9.17) is 4.74 Å². The van der Waals surface area contributed by atoms with Crippen LogP contribution >= 0.6 is 0 Å². The van der Waals surface area contributed by atoms with Crippen LogP contribution in [0.1, 0.15) is 12.5 Å². The Morgan fingerprint density at radius 3 is 2.32 bits per heavy atom. The van der Waals surface area contributed by atoms with Gasteiger partial charge >= 0.3 is 0 Å². The second kappa shape index (κ2) is 6.64. The molecule has 0 fully saturated rings. The lowest BCUT2D eigenvalue weighted by Crippen LogP contribution is -2.11. The highest BCUT2D eigenvalue weighted by molar-refractivity contribution is 5.53. The van der Waals surface area contributed by atoms with Crippen molar-refractivity contribution in [2.45, 2.75) is 13.0 Å². The van der Waals surface area contributed by atoms with E-state index in [9.17, 15) is 0 Å². The molecule has 2 rings (SSSR count). The first-order valence-electron chi connectivity index (χ1n) is 6.42. The minimum Gasteiger partial charge on any atom is -0.497 e. The quantitative estimate of drug-likeness (QED) is 0.862. The smallest absolute Gasteiger partial charge is 0.118 e. The Morgan fingerprint density at radius 1 is 1.00 bits per heavy atom. The summed E-state index contributed by atoms with van der Waals surface area (Å²) in [6.45, 7) is 2.13. The third-order valence-corrected chi connectivity index (χ3v) is 2.86. The molecule has 1 unspecified atom stereocenters. The third-order valence-electron chi connectivity index (χ3n) is 2.86. The van der Waals surface area contributed by atoms with Crippen LogP contribution in [0.2, 0.25) is 0 Å². The minimum absolute atomic E-state index is 0.282. The van der Waals surface area contributed by atoms with Crippen LogP contribution in [0.15, 0.2) is 60.7 Å². The van der Waals surface area contributed by atoms with Gasteiger partial charge in [0.2, 0.25) is 0 Å². The fourth-order valence-corrected chi connectivity index (χ4v) is 1.82. The van der Waals surface area contributed by atoms with Gasteiger partial charge in [-0.25, -0.2) is 0 Å². The largest absolute Gasteiger partial charge is 0.497 e. The van der Waals surface area contributed by atoms with Gasteiger partial charge in [-0.05, 0) is 36.8 Å². The van der Waals surface area contributed by atoms with Crippen molar-refractivity contribution in [2.24, 2.45) is 0 Å². The molecule has 0 saturated carbocycles. The van der Waals surface area contributed by atoms with Crippen molar-refractivity contribution in [2.75, 3.05) is 12.4 Å². The van der Waals surface area contributed by atoms with E-state index in [0.717, 1.165) is 11.4 Å². The van der Waals surface area contributed by atoms with Crippen LogP contribution in [0.3, 0.4) is 0 Å². The van der Waals surface area contributed by atoms with Gasteiger partial charge in [0.15, 0.2) is 0 Å². The molecule has 0 radical (unpaired) electrons. The number of hydrogen-bond acceptors (Lipinski definition) is 2. The average molecular weight is 253 g/mol. The predicted octanol–water partition coefficient (Wildman–Crippen LogP) is 4.21. The second-order valence-corrected chi connectivity index (χ2v) is 4.43. The molecule has 2 nitrogen and oxygen atoms in total. The van der Waals surface area contributed by atoms with Gasteiger partial charge in [-0.2, -0.15) is 0 Å². The fourth-order valence-electron chi connectivity index (χ4n) is 1.82. The highest BCUT2D eigenvalue weighted by Gasteiger charge is 1.96. The standard InChI is InChI=1S/C17H19NO/c1-14(18-16-6-4-3-5-7-16)8-9-15-10-12-17(19-2)13-11-15/h3-14,18H,1-2H3/b9-8+. The number of anilines is 1. The van der Waals surface area contributed by atoms with Crippen LogP contribution < -0.4 is 10.1 Å². The van der Waals surface area contributed by atoms with Gasteiger partial charge < -0.3 is 10.1 Å². The summed E-state index contributed by atoms with van der Waals surface area (Å²) in [5, 5.41) is 3.42. The van der Waals surface area contributed by atoms with E-state index in [1.165, 1.54) is 5.56 Å². The molecule has 0 bridgehead atoms. The van der Waals surface area contributed by atoms with Gasteiger partial charge in [-0.1, -0.05) is 42.5 Å². The van der Waals surface area contributed by atoms with Crippen molar-refractivity contribution in [3.05, 3.63) is 66.2 Å². The normalized spacial score (nSPS) is 12.3. The number of methoxy groups -OCH3 is 1. The Kier molecular flexibility index (Phi) is 4.62. The molecule has 0 spiro atoms. The summed E-state index contributed by atoms with van der Waals surface area (Å²) in [4.78, 5) is 0. The molecule has 2 aromatic carbocycles. The molecule has 2 aromatic rings. The molecular weight excluding hydrogens is 234 g/mol. The first kappa shape index (κ1) is 13.2. The number of benzene rings is 2.